The molecule has 0 bridgehead atoms. The number of carbonyl (C=O) groups is 1. The van der Waals surface area contributed by atoms with Gasteiger partial charge < -0.3 is 5.32 Å². The summed E-state index contributed by atoms with van der Waals surface area (Å²) >= 11 is 1.79. The van der Waals surface area contributed by atoms with Gasteiger partial charge >= 0.3 is 0 Å². The van der Waals surface area contributed by atoms with Gasteiger partial charge in [0.2, 0.25) is 10.0 Å². The SMILES string of the molecule is Cc1ccccc1CSCCNC(=O)c1ccc(CS(=O)(=O)N2CCCC2)cc1. The minimum absolute atomic E-state index is 0.00948. The van der Waals surface area contributed by atoms with Gasteiger partial charge in [-0.2, -0.15) is 11.8 Å². The summed E-state index contributed by atoms with van der Waals surface area (Å²) < 4.78 is 26.3. The Balaban J connectivity index is 1.42. The van der Waals surface area contributed by atoms with Crippen LogP contribution < -0.4 is 5.32 Å². The minimum Gasteiger partial charge on any atom is -0.351 e. The predicted molar refractivity (Wildman–Crippen MR) is 120 cm³/mol. The van der Waals surface area contributed by atoms with Gasteiger partial charge in [0.15, 0.2) is 0 Å². The average molecular weight is 433 g/mol. The van der Waals surface area contributed by atoms with Crippen LogP contribution >= 0.6 is 11.8 Å². The highest BCUT2D eigenvalue weighted by atomic mass is 32.2. The summed E-state index contributed by atoms with van der Waals surface area (Å²) in [5.74, 6) is 1.63. The first-order chi connectivity index (χ1) is 14.0. The lowest BCUT2D eigenvalue weighted by molar-refractivity contribution is 0.0956. The van der Waals surface area contributed by atoms with Crippen LogP contribution in [0.2, 0.25) is 0 Å². The van der Waals surface area contributed by atoms with Gasteiger partial charge in [-0.1, -0.05) is 36.4 Å². The maximum absolute atomic E-state index is 12.4. The molecule has 2 aromatic rings. The first-order valence-electron chi connectivity index (χ1n) is 9.93. The summed E-state index contributed by atoms with van der Waals surface area (Å²) in [7, 11) is -3.26. The monoisotopic (exact) mass is 432 g/mol. The molecule has 0 unspecified atom stereocenters. The topological polar surface area (TPSA) is 66.5 Å². The molecule has 2 aromatic carbocycles. The highest BCUT2D eigenvalue weighted by Crippen LogP contribution is 2.18. The van der Waals surface area contributed by atoms with Crippen molar-refractivity contribution < 1.29 is 13.2 Å². The van der Waals surface area contributed by atoms with Crippen LogP contribution in [0.5, 0.6) is 0 Å². The van der Waals surface area contributed by atoms with Crippen LogP contribution in [0, 0.1) is 6.92 Å². The van der Waals surface area contributed by atoms with Crippen LogP contribution in [0.1, 0.15) is 39.9 Å². The van der Waals surface area contributed by atoms with Crippen LogP contribution in [0.4, 0.5) is 0 Å². The van der Waals surface area contributed by atoms with Crippen molar-refractivity contribution in [2.75, 3.05) is 25.4 Å². The Morgan fingerprint density at radius 3 is 2.45 bits per heavy atom. The van der Waals surface area contributed by atoms with E-state index < -0.39 is 10.0 Å². The van der Waals surface area contributed by atoms with Gasteiger partial charge in [-0.15, -0.1) is 0 Å². The summed E-state index contributed by atoms with van der Waals surface area (Å²) in [5, 5.41) is 2.93. The molecule has 0 saturated carbocycles. The Labute approximate surface area is 177 Å². The maximum atomic E-state index is 12.4. The molecule has 1 amide bonds. The van der Waals surface area contributed by atoms with E-state index in [-0.39, 0.29) is 11.7 Å². The predicted octanol–water partition coefficient (Wildman–Crippen LogP) is 3.58. The van der Waals surface area contributed by atoms with Crippen LogP contribution in [0.25, 0.3) is 0 Å². The molecule has 0 radical (unpaired) electrons. The largest absolute Gasteiger partial charge is 0.351 e. The number of carbonyl (C=O) groups excluding carboxylic acids is 1. The molecule has 29 heavy (non-hydrogen) atoms. The molecule has 0 atom stereocenters. The molecule has 5 nitrogen and oxygen atoms in total. The Bertz CT molecular complexity index is 921. The molecule has 0 aromatic heterocycles. The third kappa shape index (κ3) is 6.32. The van der Waals surface area contributed by atoms with Crippen molar-refractivity contribution in [3.05, 3.63) is 70.8 Å². The fourth-order valence-electron chi connectivity index (χ4n) is 3.31. The van der Waals surface area contributed by atoms with Gasteiger partial charge in [0, 0.05) is 36.7 Å². The number of aryl methyl sites for hydroxylation is 1. The van der Waals surface area contributed by atoms with E-state index in [4.69, 9.17) is 0 Å². The first-order valence-corrected chi connectivity index (χ1v) is 12.7. The van der Waals surface area contributed by atoms with E-state index in [0.717, 1.165) is 24.3 Å². The zero-order valence-corrected chi connectivity index (χ0v) is 18.4. The van der Waals surface area contributed by atoms with Crippen LogP contribution in [-0.4, -0.2) is 44.0 Å². The smallest absolute Gasteiger partial charge is 0.251 e. The van der Waals surface area contributed by atoms with E-state index >= 15 is 0 Å². The summed E-state index contributed by atoms with van der Waals surface area (Å²) in [5.41, 5.74) is 3.87. The lowest BCUT2D eigenvalue weighted by Crippen LogP contribution is -2.29. The normalized spacial score (nSPS) is 14.8. The van der Waals surface area contributed by atoms with E-state index in [1.165, 1.54) is 11.1 Å². The molecule has 1 heterocycles. The molecular weight excluding hydrogens is 404 g/mol. The fraction of sp³-hybridized carbons (Fsp3) is 0.409. The summed E-state index contributed by atoms with van der Waals surface area (Å²) in [4.78, 5) is 12.3. The third-order valence-electron chi connectivity index (χ3n) is 5.07. The van der Waals surface area contributed by atoms with Gasteiger partial charge in [0.25, 0.3) is 5.91 Å². The Morgan fingerprint density at radius 2 is 1.76 bits per heavy atom. The van der Waals surface area contributed by atoms with Crippen molar-refractivity contribution >= 4 is 27.7 Å². The van der Waals surface area contributed by atoms with E-state index in [1.54, 1.807) is 40.3 Å². The van der Waals surface area contributed by atoms with E-state index in [1.807, 2.05) is 12.1 Å². The highest BCUT2D eigenvalue weighted by Gasteiger charge is 2.25. The van der Waals surface area contributed by atoms with Crippen LogP contribution in [0.3, 0.4) is 0 Å². The standard InChI is InChI=1S/C22H28N2O3S2/c1-18-6-2-3-7-21(18)16-28-15-12-23-22(25)20-10-8-19(9-11-20)17-29(26,27)24-13-4-5-14-24/h2-3,6-11H,4-5,12-17H2,1H3,(H,23,25). The number of hydrogen-bond acceptors (Lipinski definition) is 4. The zero-order valence-electron chi connectivity index (χ0n) is 16.8. The van der Waals surface area contributed by atoms with Crippen molar-refractivity contribution in [3.8, 4) is 0 Å². The highest BCUT2D eigenvalue weighted by molar-refractivity contribution is 7.98. The fourth-order valence-corrected chi connectivity index (χ4v) is 5.86. The maximum Gasteiger partial charge on any atom is 0.251 e. The van der Waals surface area contributed by atoms with Crippen LogP contribution in [0.15, 0.2) is 48.5 Å². The number of hydrogen-bond donors (Lipinski definition) is 1. The Morgan fingerprint density at radius 1 is 1.07 bits per heavy atom. The minimum atomic E-state index is -3.26. The summed E-state index contributed by atoms with van der Waals surface area (Å²) in [6, 6.07) is 15.2. The second kappa shape index (κ2) is 10.3. The molecule has 1 aliphatic rings. The second-order valence-corrected chi connectivity index (χ2v) is 10.4. The van der Waals surface area contributed by atoms with Gasteiger partial charge in [-0.3, -0.25) is 4.79 Å². The average Bonchev–Trinajstić information content (AvgIpc) is 3.25. The molecular formula is C22H28N2O3S2. The van der Waals surface area contributed by atoms with Gasteiger partial charge in [0.1, 0.15) is 0 Å². The van der Waals surface area contributed by atoms with Gasteiger partial charge in [-0.25, -0.2) is 12.7 Å². The van der Waals surface area contributed by atoms with Crippen molar-refractivity contribution in [1.29, 1.82) is 0 Å². The zero-order chi connectivity index (χ0) is 20.7. The molecule has 1 fully saturated rings. The Kier molecular flexibility index (Phi) is 7.75. The lowest BCUT2D eigenvalue weighted by atomic mass is 10.1. The quantitative estimate of drug-likeness (QED) is 0.615. The number of rotatable bonds is 9. The molecule has 7 heteroatoms. The number of thioether (sulfide) groups is 1. The number of sulfonamides is 1. The molecule has 0 spiro atoms. The van der Waals surface area contributed by atoms with Crippen molar-refractivity contribution in [2.24, 2.45) is 0 Å². The van der Waals surface area contributed by atoms with E-state index in [2.05, 4.69) is 24.4 Å². The third-order valence-corrected chi connectivity index (χ3v) is 7.93. The Hall–Kier alpha value is -1.83. The van der Waals surface area contributed by atoms with Gasteiger partial charge in [-0.05, 0) is 48.6 Å². The molecule has 3 rings (SSSR count). The molecule has 0 aliphatic carbocycles. The van der Waals surface area contributed by atoms with E-state index in [0.29, 0.717) is 30.8 Å². The number of nitrogens with one attached hydrogen (secondary N) is 1. The molecule has 1 saturated heterocycles. The van der Waals surface area contributed by atoms with Crippen molar-refractivity contribution in [2.45, 2.75) is 31.3 Å². The van der Waals surface area contributed by atoms with E-state index in [9.17, 15) is 13.2 Å². The number of amides is 1. The lowest BCUT2D eigenvalue weighted by Gasteiger charge is -2.15. The second-order valence-electron chi connectivity index (χ2n) is 7.29. The van der Waals surface area contributed by atoms with Crippen molar-refractivity contribution in [1.82, 2.24) is 9.62 Å². The van der Waals surface area contributed by atoms with Gasteiger partial charge in [0.05, 0.1) is 5.75 Å². The molecule has 156 valence electrons. The van der Waals surface area contributed by atoms with Crippen molar-refractivity contribution in [3.63, 3.8) is 0 Å². The van der Waals surface area contributed by atoms with Crippen LogP contribution in [-0.2, 0) is 21.5 Å². The number of nitrogens with zero attached hydrogens (tertiary/aromatic N) is 1. The molecule has 1 aliphatic heterocycles. The molecule has 1 N–H and O–H groups in total. The summed E-state index contributed by atoms with van der Waals surface area (Å²) in [6.45, 7) is 3.94. The number of benzene rings is 2. The summed E-state index contributed by atoms with van der Waals surface area (Å²) in [6.07, 6.45) is 1.86. The first kappa shape index (κ1) is 21.9.